The topological polar surface area (TPSA) is 29.1 Å². The first-order chi connectivity index (χ1) is 8.16. The molecule has 2 heterocycles. The Morgan fingerprint density at radius 2 is 2.24 bits per heavy atom. The summed E-state index contributed by atoms with van der Waals surface area (Å²) in [4.78, 5) is 12.5. The Labute approximate surface area is 124 Å². The lowest BCUT2D eigenvalue weighted by molar-refractivity contribution is 0.0958. The third kappa shape index (κ3) is 3.64. The van der Waals surface area contributed by atoms with E-state index in [9.17, 15) is 4.79 Å². The SMILES string of the molecule is O=C(NCCc1ccsc1)c1cc(Br)c(Br)s1. The Morgan fingerprint density at radius 3 is 2.82 bits per heavy atom. The molecule has 2 rings (SSSR count). The number of amides is 1. The Bertz CT molecular complexity index is 488. The zero-order valence-electron chi connectivity index (χ0n) is 8.70. The quantitative estimate of drug-likeness (QED) is 0.822. The van der Waals surface area contributed by atoms with E-state index in [0.717, 1.165) is 14.7 Å². The maximum absolute atomic E-state index is 11.8. The van der Waals surface area contributed by atoms with Crippen LogP contribution in [0.4, 0.5) is 0 Å². The van der Waals surface area contributed by atoms with Crippen molar-refractivity contribution in [1.29, 1.82) is 0 Å². The van der Waals surface area contributed by atoms with Crippen LogP contribution in [0.25, 0.3) is 0 Å². The summed E-state index contributed by atoms with van der Waals surface area (Å²) in [7, 11) is 0. The molecule has 0 saturated heterocycles. The molecule has 0 radical (unpaired) electrons. The van der Waals surface area contributed by atoms with E-state index >= 15 is 0 Å². The molecule has 0 atom stereocenters. The number of rotatable bonds is 4. The van der Waals surface area contributed by atoms with Gasteiger partial charge in [-0.2, -0.15) is 11.3 Å². The van der Waals surface area contributed by atoms with Gasteiger partial charge in [-0.25, -0.2) is 0 Å². The zero-order chi connectivity index (χ0) is 12.3. The van der Waals surface area contributed by atoms with Crippen molar-refractivity contribution in [1.82, 2.24) is 5.32 Å². The second kappa shape index (κ2) is 6.13. The Morgan fingerprint density at radius 1 is 1.41 bits per heavy atom. The Kier molecular flexibility index (Phi) is 4.78. The van der Waals surface area contributed by atoms with Gasteiger partial charge in [0.05, 0.1) is 8.66 Å². The standard InChI is InChI=1S/C11H9Br2NOS2/c12-8-5-9(17-10(8)13)11(15)14-3-1-7-2-4-16-6-7/h2,4-6H,1,3H2,(H,14,15). The van der Waals surface area contributed by atoms with Crippen molar-refractivity contribution >= 4 is 60.4 Å². The Balaban J connectivity index is 1.85. The maximum Gasteiger partial charge on any atom is 0.261 e. The van der Waals surface area contributed by atoms with Crippen molar-refractivity contribution < 1.29 is 4.79 Å². The average molecular weight is 395 g/mol. The van der Waals surface area contributed by atoms with E-state index in [0.29, 0.717) is 11.4 Å². The summed E-state index contributed by atoms with van der Waals surface area (Å²) in [6, 6.07) is 3.91. The first-order valence-electron chi connectivity index (χ1n) is 4.91. The third-order valence-corrected chi connectivity index (χ3v) is 6.14. The van der Waals surface area contributed by atoms with Gasteiger partial charge in [0.25, 0.3) is 5.91 Å². The van der Waals surface area contributed by atoms with Crippen LogP contribution in [0.3, 0.4) is 0 Å². The molecule has 0 aliphatic heterocycles. The second-order valence-corrected chi connectivity index (χ2v) is 7.37. The molecular weight excluding hydrogens is 386 g/mol. The molecule has 0 saturated carbocycles. The van der Waals surface area contributed by atoms with Gasteiger partial charge in [0.2, 0.25) is 0 Å². The van der Waals surface area contributed by atoms with Gasteiger partial charge in [-0.1, -0.05) is 0 Å². The normalized spacial score (nSPS) is 10.5. The summed E-state index contributed by atoms with van der Waals surface area (Å²) < 4.78 is 1.87. The molecular formula is C11H9Br2NOS2. The van der Waals surface area contributed by atoms with Crippen molar-refractivity contribution in [3.63, 3.8) is 0 Å². The van der Waals surface area contributed by atoms with Crippen LogP contribution >= 0.6 is 54.5 Å². The van der Waals surface area contributed by atoms with Crippen LogP contribution in [0.2, 0.25) is 0 Å². The van der Waals surface area contributed by atoms with E-state index < -0.39 is 0 Å². The first-order valence-corrected chi connectivity index (χ1v) is 8.25. The maximum atomic E-state index is 11.8. The van der Waals surface area contributed by atoms with Crippen molar-refractivity contribution in [2.75, 3.05) is 6.54 Å². The van der Waals surface area contributed by atoms with Gasteiger partial charge in [-0.15, -0.1) is 11.3 Å². The lowest BCUT2D eigenvalue weighted by Gasteiger charge is -2.01. The summed E-state index contributed by atoms with van der Waals surface area (Å²) in [6.07, 6.45) is 0.878. The average Bonchev–Trinajstić information content (AvgIpc) is 2.90. The smallest absolute Gasteiger partial charge is 0.261 e. The molecule has 1 amide bonds. The molecule has 90 valence electrons. The van der Waals surface area contributed by atoms with Crippen LogP contribution in [0.15, 0.2) is 31.2 Å². The molecule has 2 nitrogen and oxygen atoms in total. The monoisotopic (exact) mass is 393 g/mol. The number of thiophene rings is 2. The van der Waals surface area contributed by atoms with Gasteiger partial charge in [-0.3, -0.25) is 4.79 Å². The van der Waals surface area contributed by atoms with Gasteiger partial charge >= 0.3 is 0 Å². The molecule has 0 bridgehead atoms. The van der Waals surface area contributed by atoms with E-state index in [-0.39, 0.29) is 5.91 Å². The summed E-state index contributed by atoms with van der Waals surface area (Å²) in [5.41, 5.74) is 1.27. The predicted molar refractivity (Wildman–Crippen MR) is 80.1 cm³/mol. The van der Waals surface area contributed by atoms with Crippen LogP contribution < -0.4 is 5.32 Å². The molecule has 0 aliphatic carbocycles. The van der Waals surface area contributed by atoms with E-state index in [1.54, 1.807) is 11.3 Å². The molecule has 0 spiro atoms. The molecule has 0 aromatic carbocycles. The number of hydrogen-bond donors (Lipinski definition) is 1. The number of carbonyl (C=O) groups is 1. The minimum absolute atomic E-state index is 0.0170. The van der Waals surface area contributed by atoms with E-state index in [1.165, 1.54) is 16.9 Å². The summed E-state index contributed by atoms with van der Waals surface area (Å²) in [6.45, 7) is 0.669. The van der Waals surface area contributed by atoms with Gasteiger partial charge in [0.1, 0.15) is 0 Å². The number of halogens is 2. The van der Waals surface area contributed by atoms with Gasteiger partial charge in [0, 0.05) is 11.0 Å². The number of nitrogens with one attached hydrogen (secondary N) is 1. The molecule has 0 fully saturated rings. The second-order valence-electron chi connectivity index (χ2n) is 3.37. The third-order valence-electron chi connectivity index (χ3n) is 2.15. The summed E-state index contributed by atoms with van der Waals surface area (Å²) in [5.74, 6) is -0.0170. The summed E-state index contributed by atoms with van der Waals surface area (Å²) in [5, 5.41) is 7.06. The van der Waals surface area contributed by atoms with Gasteiger partial charge in [-0.05, 0) is 66.7 Å². The first kappa shape index (κ1) is 13.3. The highest BCUT2D eigenvalue weighted by Gasteiger charge is 2.11. The lowest BCUT2D eigenvalue weighted by atomic mass is 10.2. The van der Waals surface area contributed by atoms with Crippen LogP contribution in [0, 0.1) is 0 Å². The molecule has 0 aliphatic rings. The molecule has 17 heavy (non-hydrogen) atoms. The van der Waals surface area contributed by atoms with Crippen LogP contribution in [0.1, 0.15) is 15.2 Å². The molecule has 2 aromatic heterocycles. The Hall–Kier alpha value is -0.170. The number of carbonyl (C=O) groups excluding carboxylic acids is 1. The molecule has 1 N–H and O–H groups in total. The fourth-order valence-corrected chi connectivity index (χ4v) is 3.96. The van der Waals surface area contributed by atoms with Crippen molar-refractivity contribution in [2.45, 2.75) is 6.42 Å². The fourth-order valence-electron chi connectivity index (χ4n) is 1.30. The van der Waals surface area contributed by atoms with Gasteiger partial charge < -0.3 is 5.32 Å². The highest BCUT2D eigenvalue weighted by atomic mass is 79.9. The minimum atomic E-state index is -0.0170. The predicted octanol–water partition coefficient (Wildman–Crippen LogP) is 4.31. The largest absolute Gasteiger partial charge is 0.351 e. The fraction of sp³-hybridized carbons (Fsp3) is 0.182. The van der Waals surface area contributed by atoms with E-state index in [2.05, 4.69) is 48.6 Å². The van der Waals surface area contributed by atoms with Crippen LogP contribution in [-0.4, -0.2) is 12.5 Å². The van der Waals surface area contributed by atoms with E-state index in [4.69, 9.17) is 0 Å². The lowest BCUT2D eigenvalue weighted by Crippen LogP contribution is -2.24. The zero-order valence-corrected chi connectivity index (χ0v) is 13.5. The summed E-state index contributed by atoms with van der Waals surface area (Å²) >= 11 is 9.85. The van der Waals surface area contributed by atoms with Gasteiger partial charge in [0.15, 0.2) is 0 Å². The number of hydrogen-bond acceptors (Lipinski definition) is 3. The van der Waals surface area contributed by atoms with Crippen LogP contribution in [0.5, 0.6) is 0 Å². The van der Waals surface area contributed by atoms with Crippen molar-refractivity contribution in [3.8, 4) is 0 Å². The molecule has 2 aromatic rings. The molecule has 0 unspecified atom stereocenters. The van der Waals surface area contributed by atoms with E-state index in [1.807, 2.05) is 11.4 Å². The highest BCUT2D eigenvalue weighted by molar-refractivity contribution is 9.13. The van der Waals surface area contributed by atoms with Crippen molar-refractivity contribution in [2.24, 2.45) is 0 Å². The van der Waals surface area contributed by atoms with Crippen molar-refractivity contribution in [3.05, 3.63) is 41.6 Å². The van der Waals surface area contributed by atoms with Crippen LogP contribution in [-0.2, 0) is 6.42 Å². The minimum Gasteiger partial charge on any atom is -0.351 e. The highest BCUT2D eigenvalue weighted by Crippen LogP contribution is 2.32. The molecule has 6 heteroatoms.